The molecule has 1 unspecified atom stereocenters. The molecule has 0 rings (SSSR count). The molecule has 0 N–H and O–H groups in total. The molecule has 0 aromatic rings. The zero-order valence-corrected chi connectivity index (χ0v) is 20.6. The van der Waals surface area contributed by atoms with Gasteiger partial charge in [-0.3, -0.25) is 4.18 Å². The van der Waals surface area contributed by atoms with Gasteiger partial charge in [-0.15, -0.1) is 0 Å². The Morgan fingerprint density at radius 2 is 1.40 bits per heavy atom. The van der Waals surface area contributed by atoms with Gasteiger partial charge in [0.25, 0.3) is 0 Å². The molecule has 0 spiro atoms. The zero-order valence-electron chi connectivity index (χ0n) is 16.7. The second-order valence-electron chi connectivity index (χ2n) is 6.64. The molecular weight excluding hydrogens is 363 g/mol. The van der Waals surface area contributed by atoms with Crippen LogP contribution in [0.15, 0.2) is 12.2 Å². The summed E-state index contributed by atoms with van der Waals surface area (Å²) in [7, 11) is -4.59. The molecule has 1 atom stereocenters. The zero-order chi connectivity index (χ0) is 18.1. The summed E-state index contributed by atoms with van der Waals surface area (Å²) >= 11 is 0. The summed E-state index contributed by atoms with van der Waals surface area (Å²) in [5.41, 5.74) is 0. The second-order valence-corrected chi connectivity index (χ2v) is 7.69. The van der Waals surface area contributed by atoms with E-state index in [1.807, 2.05) is 6.08 Å². The Balaban J connectivity index is 0. The summed E-state index contributed by atoms with van der Waals surface area (Å²) in [5.74, 6) is 0.0236. The van der Waals surface area contributed by atoms with E-state index in [4.69, 9.17) is 0 Å². The van der Waals surface area contributed by atoms with Crippen LogP contribution in [0.1, 0.15) is 97.3 Å². The fourth-order valence-corrected chi connectivity index (χ4v) is 3.09. The molecule has 0 aromatic heterocycles. The van der Waals surface area contributed by atoms with Crippen molar-refractivity contribution in [2.24, 2.45) is 5.92 Å². The summed E-state index contributed by atoms with van der Waals surface area (Å²) in [6.07, 6.45) is 19.5. The minimum absolute atomic E-state index is 0. The number of unbranched alkanes of at least 4 members (excludes halogenated alkanes) is 10. The van der Waals surface area contributed by atoms with E-state index in [2.05, 4.69) is 24.1 Å². The fourth-order valence-electron chi connectivity index (χ4n) is 2.75. The predicted octanol–water partition coefficient (Wildman–Crippen LogP) is 2.75. The van der Waals surface area contributed by atoms with Crippen molar-refractivity contribution in [2.75, 3.05) is 6.61 Å². The molecule has 144 valence electrons. The maximum Gasteiger partial charge on any atom is 1.00 e. The molecule has 0 amide bonds. The minimum atomic E-state index is -4.59. The third-order valence-electron chi connectivity index (χ3n) is 4.24. The number of allylic oxidation sites excluding steroid dienone is 1. The molecule has 0 aliphatic rings. The van der Waals surface area contributed by atoms with Gasteiger partial charge in [0.1, 0.15) is 0 Å². The van der Waals surface area contributed by atoms with Crippen LogP contribution in [0.5, 0.6) is 0 Å². The number of hydrogen-bond donors (Lipinski definition) is 0. The molecule has 0 heterocycles. The van der Waals surface area contributed by atoms with E-state index in [-0.39, 0.29) is 63.9 Å². The van der Waals surface area contributed by atoms with Crippen molar-refractivity contribution in [1.29, 1.82) is 0 Å². The Morgan fingerprint density at radius 1 is 0.880 bits per heavy atom. The molecule has 0 aliphatic carbocycles. The van der Waals surface area contributed by atoms with Gasteiger partial charge in [0, 0.05) is 5.92 Å². The molecular formula is C19H37KO4S. The summed E-state index contributed by atoms with van der Waals surface area (Å²) in [5, 5.41) is 0. The van der Waals surface area contributed by atoms with E-state index >= 15 is 0 Å². The minimum Gasteiger partial charge on any atom is -0.726 e. The average molecular weight is 401 g/mol. The van der Waals surface area contributed by atoms with Crippen LogP contribution in [-0.4, -0.2) is 19.6 Å². The van der Waals surface area contributed by atoms with Crippen molar-refractivity contribution in [3.63, 3.8) is 0 Å². The second kappa shape index (κ2) is 20.0. The van der Waals surface area contributed by atoms with Gasteiger partial charge < -0.3 is 4.55 Å². The molecule has 6 heteroatoms. The van der Waals surface area contributed by atoms with Crippen LogP contribution in [0, 0.1) is 5.92 Å². The van der Waals surface area contributed by atoms with Crippen LogP contribution in [0.25, 0.3) is 0 Å². The van der Waals surface area contributed by atoms with Crippen molar-refractivity contribution in [3.05, 3.63) is 12.2 Å². The monoisotopic (exact) mass is 400 g/mol. The molecule has 0 fully saturated rings. The topological polar surface area (TPSA) is 66.4 Å². The first-order valence-electron chi connectivity index (χ1n) is 9.76. The SMILES string of the molecule is CCCCCCC/C=C/C(CCCCCCCC)COS(=O)(=O)[O-].[K+]. The standard InChI is InChI=1S/C19H38O4S.K/c1-3-5-7-9-11-13-15-17-19(18-23-24(20,21)22)16-14-12-10-8-6-4-2;/h15,17,19H,3-14,16,18H2,1-2H3,(H,20,21,22);/q;+1/p-1/b17-15+;. The van der Waals surface area contributed by atoms with Gasteiger partial charge in [0.2, 0.25) is 10.4 Å². The van der Waals surface area contributed by atoms with E-state index in [0.29, 0.717) is 0 Å². The Bertz CT molecular complexity index is 396. The van der Waals surface area contributed by atoms with E-state index in [1.165, 1.54) is 57.8 Å². The van der Waals surface area contributed by atoms with Crippen molar-refractivity contribution < 1.29 is 68.5 Å². The maximum atomic E-state index is 10.7. The Hall–Kier alpha value is 1.25. The van der Waals surface area contributed by atoms with Crippen molar-refractivity contribution >= 4 is 10.4 Å². The van der Waals surface area contributed by atoms with Gasteiger partial charge in [0.15, 0.2) is 0 Å². The third-order valence-corrected chi connectivity index (χ3v) is 4.66. The molecule has 4 nitrogen and oxygen atoms in total. The molecule has 0 saturated heterocycles. The van der Waals surface area contributed by atoms with Gasteiger partial charge in [-0.1, -0.05) is 90.2 Å². The van der Waals surface area contributed by atoms with Gasteiger partial charge in [-0.25, -0.2) is 8.42 Å². The first-order chi connectivity index (χ1) is 11.5. The van der Waals surface area contributed by atoms with E-state index in [0.717, 1.165) is 25.7 Å². The van der Waals surface area contributed by atoms with E-state index < -0.39 is 10.4 Å². The van der Waals surface area contributed by atoms with Gasteiger partial charge in [-0.2, -0.15) is 0 Å². The van der Waals surface area contributed by atoms with Crippen molar-refractivity contribution in [2.45, 2.75) is 97.3 Å². The van der Waals surface area contributed by atoms with E-state index in [9.17, 15) is 13.0 Å². The molecule has 0 aliphatic heterocycles. The average Bonchev–Trinajstić information content (AvgIpc) is 2.53. The predicted molar refractivity (Wildman–Crippen MR) is 99.6 cm³/mol. The van der Waals surface area contributed by atoms with Crippen molar-refractivity contribution in [1.82, 2.24) is 0 Å². The molecule has 0 saturated carbocycles. The fraction of sp³-hybridized carbons (Fsp3) is 0.895. The van der Waals surface area contributed by atoms with E-state index in [1.54, 1.807) is 0 Å². The molecule has 0 bridgehead atoms. The third kappa shape index (κ3) is 23.2. The largest absolute Gasteiger partial charge is 1.00 e. The molecule has 0 radical (unpaired) electrons. The van der Waals surface area contributed by atoms with Crippen LogP contribution >= 0.6 is 0 Å². The number of hydrogen-bond acceptors (Lipinski definition) is 4. The molecule has 25 heavy (non-hydrogen) atoms. The van der Waals surface area contributed by atoms with Crippen LogP contribution < -0.4 is 51.4 Å². The maximum absolute atomic E-state index is 10.7. The summed E-state index contributed by atoms with van der Waals surface area (Å²) in [6, 6.07) is 0. The summed E-state index contributed by atoms with van der Waals surface area (Å²) < 4.78 is 36.4. The van der Waals surface area contributed by atoms with Gasteiger partial charge >= 0.3 is 51.4 Å². The summed E-state index contributed by atoms with van der Waals surface area (Å²) in [4.78, 5) is 0. The first kappa shape index (κ1) is 28.5. The van der Waals surface area contributed by atoms with Crippen molar-refractivity contribution in [3.8, 4) is 0 Å². The first-order valence-corrected chi connectivity index (χ1v) is 11.1. The van der Waals surface area contributed by atoms with Crippen LogP contribution in [0.2, 0.25) is 0 Å². The van der Waals surface area contributed by atoms with Crippen LogP contribution in [0.4, 0.5) is 0 Å². The number of rotatable bonds is 17. The van der Waals surface area contributed by atoms with Gasteiger partial charge in [-0.05, 0) is 19.3 Å². The Labute approximate surface area is 198 Å². The van der Waals surface area contributed by atoms with Crippen LogP contribution in [0.3, 0.4) is 0 Å². The Morgan fingerprint density at radius 3 is 1.96 bits per heavy atom. The van der Waals surface area contributed by atoms with Gasteiger partial charge in [0.05, 0.1) is 6.61 Å². The Kier molecular flexibility index (Phi) is 22.8. The quantitative estimate of drug-likeness (QED) is 0.124. The normalized spacial score (nSPS) is 13.1. The summed E-state index contributed by atoms with van der Waals surface area (Å²) in [6.45, 7) is 4.38. The molecule has 0 aromatic carbocycles. The smallest absolute Gasteiger partial charge is 0.726 e. The van der Waals surface area contributed by atoms with Crippen LogP contribution in [-0.2, 0) is 14.6 Å².